The number of nitrogens with zero attached hydrogens (tertiary/aromatic N) is 3. The summed E-state index contributed by atoms with van der Waals surface area (Å²) in [5.74, 6) is 1.79. The van der Waals surface area contributed by atoms with Crippen LogP contribution in [-0.2, 0) is 0 Å². The van der Waals surface area contributed by atoms with Gasteiger partial charge in [-0.1, -0.05) is 49.9 Å². The van der Waals surface area contributed by atoms with E-state index < -0.39 is 0 Å². The van der Waals surface area contributed by atoms with Crippen molar-refractivity contribution in [3.8, 4) is 34.3 Å². The van der Waals surface area contributed by atoms with E-state index in [1.807, 2.05) is 25.1 Å². The minimum atomic E-state index is 0.101. The van der Waals surface area contributed by atoms with Crippen molar-refractivity contribution in [1.29, 1.82) is 0 Å². The van der Waals surface area contributed by atoms with E-state index in [1.54, 1.807) is 12.1 Å². The van der Waals surface area contributed by atoms with E-state index in [0.29, 0.717) is 29.6 Å². The van der Waals surface area contributed by atoms with Crippen LogP contribution in [0.2, 0.25) is 0 Å². The number of rotatable bonds is 8. The van der Waals surface area contributed by atoms with Gasteiger partial charge in [-0.25, -0.2) is 15.0 Å². The summed E-state index contributed by atoms with van der Waals surface area (Å²) in [6.45, 7) is 6.93. The van der Waals surface area contributed by atoms with Gasteiger partial charge in [0.05, 0.1) is 12.2 Å². The smallest absolute Gasteiger partial charge is 0.167 e. The second-order valence-electron chi connectivity index (χ2n) is 7.04. The molecule has 0 amide bonds. The first-order valence-corrected chi connectivity index (χ1v) is 9.81. The second-order valence-corrected chi connectivity index (χ2v) is 7.04. The Morgan fingerprint density at radius 1 is 0.893 bits per heavy atom. The Balaban J connectivity index is 1.78. The third-order valence-corrected chi connectivity index (χ3v) is 4.67. The monoisotopic (exact) mass is 377 g/mol. The number of unbranched alkanes of at least 4 members (excludes halogenated alkanes) is 3. The van der Waals surface area contributed by atoms with Crippen molar-refractivity contribution in [2.45, 2.75) is 46.5 Å². The number of hydrogen-bond acceptors (Lipinski definition) is 5. The molecule has 0 aliphatic carbocycles. The Kier molecular flexibility index (Phi) is 6.58. The van der Waals surface area contributed by atoms with Crippen LogP contribution in [0.15, 0.2) is 42.7 Å². The zero-order chi connectivity index (χ0) is 19.9. The minimum absolute atomic E-state index is 0.101. The quantitative estimate of drug-likeness (QED) is 0.526. The van der Waals surface area contributed by atoms with Gasteiger partial charge in [-0.15, -0.1) is 0 Å². The highest BCUT2D eigenvalue weighted by Gasteiger charge is 2.12. The predicted octanol–water partition coefficient (Wildman–Crippen LogP) is 5.49. The van der Waals surface area contributed by atoms with Crippen LogP contribution in [0.4, 0.5) is 0 Å². The summed E-state index contributed by atoms with van der Waals surface area (Å²) in [7, 11) is 0. The standard InChI is InChI=1S/C23H27N3O2/c1-4-5-6-7-12-28-18-9-11-20(21(27)14-18)23-25-15-24-22(26-23)19-10-8-16(2)13-17(19)3/h8-11,13-15,27H,4-7,12H2,1-3H3. The van der Waals surface area contributed by atoms with E-state index in [1.165, 1.54) is 24.7 Å². The average molecular weight is 377 g/mol. The number of benzene rings is 2. The summed E-state index contributed by atoms with van der Waals surface area (Å²) in [5, 5.41) is 10.5. The van der Waals surface area contributed by atoms with Crippen LogP contribution in [0.1, 0.15) is 43.7 Å². The third kappa shape index (κ3) is 4.85. The van der Waals surface area contributed by atoms with E-state index in [2.05, 4.69) is 34.9 Å². The molecule has 2 aromatic carbocycles. The Hall–Kier alpha value is -2.95. The molecule has 0 fully saturated rings. The van der Waals surface area contributed by atoms with E-state index in [0.717, 1.165) is 24.0 Å². The van der Waals surface area contributed by atoms with Gasteiger partial charge >= 0.3 is 0 Å². The normalized spacial score (nSPS) is 10.8. The molecule has 1 aromatic heterocycles. The number of aromatic nitrogens is 3. The Labute approximate surface area is 166 Å². The number of ether oxygens (including phenoxy) is 1. The Morgan fingerprint density at radius 2 is 1.64 bits per heavy atom. The van der Waals surface area contributed by atoms with Crippen LogP contribution < -0.4 is 4.74 Å². The maximum atomic E-state index is 10.5. The number of phenolic OH excluding ortho intramolecular Hbond substituents is 1. The average Bonchev–Trinajstić information content (AvgIpc) is 2.68. The van der Waals surface area contributed by atoms with Gasteiger partial charge in [0, 0.05) is 11.6 Å². The molecule has 0 aliphatic heterocycles. The fraction of sp³-hybridized carbons (Fsp3) is 0.348. The van der Waals surface area contributed by atoms with Gasteiger partial charge in [0.1, 0.15) is 17.8 Å². The summed E-state index contributed by atoms with van der Waals surface area (Å²) >= 11 is 0. The molecule has 0 spiro atoms. The molecular formula is C23H27N3O2. The Morgan fingerprint density at radius 3 is 2.36 bits per heavy atom. The van der Waals surface area contributed by atoms with Gasteiger partial charge in [0.15, 0.2) is 11.6 Å². The molecule has 0 radical (unpaired) electrons. The van der Waals surface area contributed by atoms with Gasteiger partial charge in [-0.05, 0) is 38.0 Å². The highest BCUT2D eigenvalue weighted by Crippen LogP contribution is 2.31. The van der Waals surface area contributed by atoms with Crippen LogP contribution in [0.25, 0.3) is 22.8 Å². The molecule has 0 saturated heterocycles. The molecule has 0 aliphatic rings. The lowest BCUT2D eigenvalue weighted by atomic mass is 10.1. The van der Waals surface area contributed by atoms with Crippen molar-refractivity contribution in [1.82, 2.24) is 15.0 Å². The molecule has 1 heterocycles. The van der Waals surface area contributed by atoms with Crippen LogP contribution in [0.5, 0.6) is 11.5 Å². The van der Waals surface area contributed by atoms with Gasteiger partial charge in [-0.3, -0.25) is 0 Å². The van der Waals surface area contributed by atoms with Crippen molar-refractivity contribution < 1.29 is 9.84 Å². The lowest BCUT2D eigenvalue weighted by Crippen LogP contribution is -1.99. The molecule has 1 N–H and O–H groups in total. The molecule has 0 saturated carbocycles. The lowest BCUT2D eigenvalue weighted by molar-refractivity contribution is 0.303. The maximum absolute atomic E-state index is 10.5. The van der Waals surface area contributed by atoms with Gasteiger partial charge < -0.3 is 9.84 Å². The van der Waals surface area contributed by atoms with Gasteiger partial charge in [0.25, 0.3) is 0 Å². The number of phenols is 1. The highest BCUT2D eigenvalue weighted by atomic mass is 16.5. The molecule has 5 nitrogen and oxygen atoms in total. The fourth-order valence-corrected chi connectivity index (χ4v) is 3.13. The van der Waals surface area contributed by atoms with Crippen molar-refractivity contribution in [3.63, 3.8) is 0 Å². The van der Waals surface area contributed by atoms with Gasteiger partial charge in [0.2, 0.25) is 0 Å². The zero-order valence-corrected chi connectivity index (χ0v) is 16.8. The molecule has 0 unspecified atom stereocenters. The number of aromatic hydroxyl groups is 1. The fourth-order valence-electron chi connectivity index (χ4n) is 3.13. The SMILES string of the molecule is CCCCCCOc1ccc(-c2ncnc(-c3ccc(C)cc3C)n2)c(O)c1. The molecule has 3 aromatic rings. The summed E-state index contributed by atoms with van der Waals surface area (Å²) < 4.78 is 5.73. The first kappa shape index (κ1) is 19.8. The molecular weight excluding hydrogens is 350 g/mol. The predicted molar refractivity (Wildman–Crippen MR) is 111 cm³/mol. The summed E-state index contributed by atoms with van der Waals surface area (Å²) in [4.78, 5) is 13.1. The van der Waals surface area contributed by atoms with Gasteiger partial charge in [-0.2, -0.15) is 0 Å². The molecule has 3 rings (SSSR count). The van der Waals surface area contributed by atoms with E-state index >= 15 is 0 Å². The van der Waals surface area contributed by atoms with Crippen LogP contribution >= 0.6 is 0 Å². The van der Waals surface area contributed by atoms with Crippen molar-refractivity contribution in [2.75, 3.05) is 6.61 Å². The van der Waals surface area contributed by atoms with Crippen LogP contribution in [0.3, 0.4) is 0 Å². The zero-order valence-electron chi connectivity index (χ0n) is 16.8. The minimum Gasteiger partial charge on any atom is -0.507 e. The third-order valence-electron chi connectivity index (χ3n) is 4.67. The maximum Gasteiger partial charge on any atom is 0.167 e. The van der Waals surface area contributed by atoms with E-state index in [9.17, 15) is 5.11 Å². The molecule has 0 atom stereocenters. The van der Waals surface area contributed by atoms with Crippen LogP contribution in [-0.4, -0.2) is 26.7 Å². The summed E-state index contributed by atoms with van der Waals surface area (Å²) in [5.41, 5.74) is 3.82. The number of aryl methyl sites for hydroxylation is 2. The van der Waals surface area contributed by atoms with E-state index in [4.69, 9.17) is 4.74 Å². The van der Waals surface area contributed by atoms with Crippen molar-refractivity contribution >= 4 is 0 Å². The first-order valence-electron chi connectivity index (χ1n) is 9.81. The summed E-state index contributed by atoms with van der Waals surface area (Å²) in [6, 6.07) is 11.4. The highest BCUT2D eigenvalue weighted by molar-refractivity contribution is 5.68. The summed E-state index contributed by atoms with van der Waals surface area (Å²) in [6.07, 6.45) is 6.07. The lowest BCUT2D eigenvalue weighted by Gasteiger charge is -2.10. The molecule has 146 valence electrons. The van der Waals surface area contributed by atoms with Crippen molar-refractivity contribution in [2.24, 2.45) is 0 Å². The molecule has 28 heavy (non-hydrogen) atoms. The van der Waals surface area contributed by atoms with Crippen LogP contribution in [0, 0.1) is 13.8 Å². The first-order chi connectivity index (χ1) is 13.6. The largest absolute Gasteiger partial charge is 0.507 e. The number of hydrogen-bond donors (Lipinski definition) is 1. The molecule has 0 bridgehead atoms. The van der Waals surface area contributed by atoms with E-state index in [-0.39, 0.29) is 5.75 Å². The topological polar surface area (TPSA) is 68.1 Å². The van der Waals surface area contributed by atoms with Crippen molar-refractivity contribution in [3.05, 3.63) is 53.9 Å². The second kappa shape index (κ2) is 9.31. The molecule has 5 heteroatoms. The Bertz CT molecular complexity index is 941.